The number of hydrogen-bond donors (Lipinski definition) is 2. The topological polar surface area (TPSA) is 72.2 Å². The molecule has 2 aromatic rings. The van der Waals surface area contributed by atoms with Crippen LogP contribution in [0.3, 0.4) is 0 Å². The van der Waals surface area contributed by atoms with Crippen LogP contribution in [0.25, 0.3) is 0 Å². The van der Waals surface area contributed by atoms with Gasteiger partial charge in [-0.3, -0.25) is 0 Å². The molecule has 1 aromatic carbocycles. The van der Waals surface area contributed by atoms with Gasteiger partial charge in [0.25, 0.3) is 0 Å². The molecular formula is C13H13BrN2O2S3. The third-order valence-corrected chi connectivity index (χ3v) is 5.82. The minimum Gasteiger partial charge on any atom is -0.389 e. The Morgan fingerprint density at radius 1 is 1.33 bits per heavy atom. The number of nitrogens with one attached hydrogen (secondary N) is 1. The van der Waals surface area contributed by atoms with Gasteiger partial charge in [0.05, 0.1) is 9.54 Å². The fourth-order valence-electron chi connectivity index (χ4n) is 1.71. The Labute approximate surface area is 141 Å². The van der Waals surface area contributed by atoms with Crippen molar-refractivity contribution in [1.29, 1.82) is 0 Å². The molecule has 0 spiro atoms. The molecule has 0 aliphatic heterocycles. The second-order valence-electron chi connectivity index (χ2n) is 4.35. The van der Waals surface area contributed by atoms with Gasteiger partial charge in [-0.1, -0.05) is 30.4 Å². The lowest BCUT2D eigenvalue weighted by atomic mass is 10.1. The largest absolute Gasteiger partial charge is 0.389 e. The van der Waals surface area contributed by atoms with Crippen LogP contribution < -0.4 is 10.5 Å². The van der Waals surface area contributed by atoms with E-state index >= 15 is 0 Å². The van der Waals surface area contributed by atoms with E-state index in [1.54, 1.807) is 24.3 Å². The molecule has 112 valence electrons. The van der Waals surface area contributed by atoms with Gasteiger partial charge < -0.3 is 5.73 Å². The Hall–Kier alpha value is -0.800. The molecule has 0 radical (unpaired) electrons. The summed E-state index contributed by atoms with van der Waals surface area (Å²) in [7, 11) is -3.41. The maximum absolute atomic E-state index is 12.1. The summed E-state index contributed by atoms with van der Waals surface area (Å²) >= 11 is 9.73. The summed E-state index contributed by atoms with van der Waals surface area (Å²) < 4.78 is 27.7. The summed E-state index contributed by atoms with van der Waals surface area (Å²) in [6.07, 6.45) is 0. The Morgan fingerprint density at radius 2 is 2.10 bits per heavy atom. The SMILES string of the molecule is NC(=S)c1cccc(CS(=O)(=O)NCc2ccc(Br)s2)c1. The number of hydrogen-bond acceptors (Lipinski definition) is 4. The van der Waals surface area contributed by atoms with Crippen LogP contribution in [0.1, 0.15) is 16.0 Å². The normalized spacial score (nSPS) is 11.5. The molecule has 1 aromatic heterocycles. The van der Waals surface area contributed by atoms with Crippen LogP contribution in [0.4, 0.5) is 0 Å². The van der Waals surface area contributed by atoms with E-state index in [-0.39, 0.29) is 17.3 Å². The van der Waals surface area contributed by atoms with E-state index in [1.165, 1.54) is 11.3 Å². The van der Waals surface area contributed by atoms with Crippen molar-refractivity contribution in [1.82, 2.24) is 4.72 Å². The maximum atomic E-state index is 12.1. The third kappa shape index (κ3) is 5.15. The van der Waals surface area contributed by atoms with E-state index < -0.39 is 10.0 Å². The molecule has 0 unspecified atom stereocenters. The summed E-state index contributed by atoms with van der Waals surface area (Å²) in [4.78, 5) is 1.20. The van der Waals surface area contributed by atoms with E-state index in [1.807, 2.05) is 12.1 Å². The lowest BCUT2D eigenvalue weighted by Gasteiger charge is -2.07. The smallest absolute Gasteiger partial charge is 0.216 e. The van der Waals surface area contributed by atoms with Crippen molar-refractivity contribution in [3.63, 3.8) is 0 Å². The van der Waals surface area contributed by atoms with E-state index in [9.17, 15) is 8.42 Å². The zero-order valence-corrected chi connectivity index (χ0v) is 14.9. The van der Waals surface area contributed by atoms with Gasteiger partial charge in [0.2, 0.25) is 10.0 Å². The molecule has 0 bridgehead atoms. The predicted octanol–water partition coefficient (Wildman–Crippen LogP) is 2.76. The maximum Gasteiger partial charge on any atom is 0.216 e. The zero-order chi connectivity index (χ0) is 15.5. The molecule has 0 fully saturated rings. The van der Waals surface area contributed by atoms with Gasteiger partial charge in [-0.05, 0) is 39.7 Å². The number of nitrogens with two attached hydrogens (primary N) is 1. The highest BCUT2D eigenvalue weighted by atomic mass is 79.9. The molecule has 1 heterocycles. The molecule has 0 atom stereocenters. The monoisotopic (exact) mass is 404 g/mol. The number of benzene rings is 1. The molecule has 0 aliphatic rings. The molecule has 8 heteroatoms. The molecule has 2 rings (SSSR count). The van der Waals surface area contributed by atoms with Gasteiger partial charge in [-0.2, -0.15) is 0 Å². The van der Waals surface area contributed by atoms with Crippen LogP contribution in [0.5, 0.6) is 0 Å². The number of halogens is 1. The van der Waals surface area contributed by atoms with Crippen LogP contribution in [0.2, 0.25) is 0 Å². The molecule has 0 amide bonds. The molecular weight excluding hydrogens is 392 g/mol. The van der Waals surface area contributed by atoms with Crippen molar-refractivity contribution >= 4 is 54.5 Å². The van der Waals surface area contributed by atoms with Gasteiger partial charge in [0.1, 0.15) is 4.99 Å². The lowest BCUT2D eigenvalue weighted by Crippen LogP contribution is -2.24. The second kappa shape index (κ2) is 6.97. The van der Waals surface area contributed by atoms with Gasteiger partial charge in [-0.15, -0.1) is 11.3 Å². The highest BCUT2D eigenvalue weighted by Crippen LogP contribution is 2.22. The molecule has 4 nitrogen and oxygen atoms in total. The minimum atomic E-state index is -3.41. The van der Waals surface area contributed by atoms with Gasteiger partial charge >= 0.3 is 0 Å². The molecule has 0 saturated heterocycles. The van der Waals surface area contributed by atoms with Crippen LogP contribution >= 0.6 is 39.5 Å². The van der Waals surface area contributed by atoms with E-state index in [0.717, 1.165) is 8.66 Å². The van der Waals surface area contributed by atoms with Gasteiger partial charge in [0.15, 0.2) is 0 Å². The average molecular weight is 405 g/mol. The first-order valence-electron chi connectivity index (χ1n) is 5.96. The van der Waals surface area contributed by atoms with Crippen LogP contribution in [-0.4, -0.2) is 13.4 Å². The molecule has 0 saturated carbocycles. The third-order valence-electron chi connectivity index (χ3n) is 2.66. The molecule has 3 N–H and O–H groups in total. The fourth-order valence-corrected chi connectivity index (χ4v) is 4.45. The Morgan fingerprint density at radius 3 is 2.71 bits per heavy atom. The first-order valence-corrected chi connectivity index (χ1v) is 9.63. The van der Waals surface area contributed by atoms with Crippen LogP contribution in [0.15, 0.2) is 40.2 Å². The van der Waals surface area contributed by atoms with E-state index in [0.29, 0.717) is 11.1 Å². The van der Waals surface area contributed by atoms with E-state index in [2.05, 4.69) is 20.7 Å². The Kier molecular flexibility index (Phi) is 5.50. The zero-order valence-electron chi connectivity index (χ0n) is 10.9. The van der Waals surface area contributed by atoms with Crippen molar-refractivity contribution in [2.24, 2.45) is 5.73 Å². The quantitative estimate of drug-likeness (QED) is 0.725. The standard InChI is InChI=1S/C13H13BrN2O2S3/c14-12-5-4-11(20-12)7-16-21(17,18)8-9-2-1-3-10(6-9)13(15)19/h1-6,16H,7-8H2,(H2,15,19). The van der Waals surface area contributed by atoms with Gasteiger partial charge in [-0.25, -0.2) is 13.1 Å². The van der Waals surface area contributed by atoms with Crippen molar-refractivity contribution < 1.29 is 8.42 Å². The van der Waals surface area contributed by atoms with Crippen molar-refractivity contribution in [2.45, 2.75) is 12.3 Å². The average Bonchev–Trinajstić information content (AvgIpc) is 2.82. The Bertz CT molecular complexity index is 756. The second-order valence-corrected chi connectivity index (χ2v) is 9.14. The highest BCUT2D eigenvalue weighted by Gasteiger charge is 2.12. The van der Waals surface area contributed by atoms with Crippen molar-refractivity contribution in [2.75, 3.05) is 0 Å². The fraction of sp³-hybridized carbons (Fsp3) is 0.154. The number of thiophene rings is 1. The Balaban J connectivity index is 2.03. The number of sulfonamides is 1. The summed E-state index contributed by atoms with van der Waals surface area (Å²) in [6, 6.07) is 10.7. The summed E-state index contributed by atoms with van der Waals surface area (Å²) in [5.41, 5.74) is 6.87. The first kappa shape index (κ1) is 16.6. The van der Waals surface area contributed by atoms with Gasteiger partial charge in [0, 0.05) is 17.0 Å². The lowest BCUT2D eigenvalue weighted by molar-refractivity contribution is 0.581. The van der Waals surface area contributed by atoms with Crippen molar-refractivity contribution in [3.8, 4) is 0 Å². The summed E-state index contributed by atoms with van der Waals surface area (Å²) in [5.74, 6) is -0.101. The predicted molar refractivity (Wildman–Crippen MR) is 93.8 cm³/mol. The summed E-state index contributed by atoms with van der Waals surface area (Å²) in [5, 5.41) is 0. The number of rotatable bonds is 6. The molecule has 0 aliphatic carbocycles. The van der Waals surface area contributed by atoms with Crippen LogP contribution in [-0.2, 0) is 22.3 Å². The molecule has 21 heavy (non-hydrogen) atoms. The summed E-state index contributed by atoms with van der Waals surface area (Å²) in [6.45, 7) is 0.285. The number of thiocarbonyl (C=S) groups is 1. The van der Waals surface area contributed by atoms with E-state index in [4.69, 9.17) is 18.0 Å². The highest BCUT2D eigenvalue weighted by molar-refractivity contribution is 9.11. The first-order chi connectivity index (χ1) is 9.85. The van der Waals surface area contributed by atoms with Crippen molar-refractivity contribution in [3.05, 3.63) is 56.2 Å². The minimum absolute atomic E-state index is 0.101. The van der Waals surface area contributed by atoms with Crippen LogP contribution in [0, 0.1) is 0 Å².